The van der Waals surface area contributed by atoms with Gasteiger partial charge in [0.1, 0.15) is 5.75 Å². The van der Waals surface area contributed by atoms with Crippen LogP contribution in [0.4, 0.5) is 0 Å². The van der Waals surface area contributed by atoms with Crippen molar-refractivity contribution < 1.29 is 14.3 Å². The van der Waals surface area contributed by atoms with Crippen molar-refractivity contribution >= 4 is 11.7 Å². The van der Waals surface area contributed by atoms with Crippen LogP contribution < -0.4 is 10.1 Å². The van der Waals surface area contributed by atoms with Crippen LogP contribution in [0.25, 0.3) is 5.78 Å². The molecule has 3 aromatic rings. The summed E-state index contributed by atoms with van der Waals surface area (Å²) in [5.41, 5.74) is 2.94. The fraction of sp³-hybridized carbons (Fsp3) is 0.455. The number of aryl methyl sites for hydroxylation is 2. The van der Waals surface area contributed by atoms with E-state index in [9.17, 15) is 4.79 Å². The molecule has 9 heteroatoms. The molecule has 1 atom stereocenters. The first-order valence-electron chi connectivity index (χ1n) is 10.5. The van der Waals surface area contributed by atoms with E-state index in [1.807, 2.05) is 44.2 Å². The summed E-state index contributed by atoms with van der Waals surface area (Å²) in [5.74, 6) is 1.68. The van der Waals surface area contributed by atoms with Crippen LogP contribution in [-0.4, -0.2) is 70.3 Å². The summed E-state index contributed by atoms with van der Waals surface area (Å²) in [4.78, 5) is 23.8. The molecular weight excluding hydrogens is 396 g/mol. The zero-order valence-corrected chi connectivity index (χ0v) is 18.2. The van der Waals surface area contributed by atoms with Gasteiger partial charge in [0.05, 0.1) is 32.8 Å². The Balaban J connectivity index is 1.44. The second-order valence-corrected chi connectivity index (χ2v) is 7.70. The molecule has 9 nitrogen and oxygen atoms in total. The van der Waals surface area contributed by atoms with Gasteiger partial charge in [-0.15, -0.1) is 5.10 Å². The molecule has 0 spiro atoms. The number of methoxy groups -OCH3 is 1. The zero-order valence-electron chi connectivity index (χ0n) is 18.2. The molecule has 1 N–H and O–H groups in total. The number of carbonyl (C=O) groups is 1. The molecule has 1 amide bonds. The molecule has 1 aromatic carbocycles. The highest BCUT2D eigenvalue weighted by Gasteiger charge is 2.23. The van der Waals surface area contributed by atoms with Gasteiger partial charge in [0.25, 0.3) is 5.78 Å². The highest BCUT2D eigenvalue weighted by Crippen LogP contribution is 2.23. The van der Waals surface area contributed by atoms with E-state index < -0.39 is 0 Å². The Morgan fingerprint density at radius 2 is 1.94 bits per heavy atom. The van der Waals surface area contributed by atoms with Crippen LogP contribution in [0.1, 0.15) is 28.8 Å². The summed E-state index contributed by atoms with van der Waals surface area (Å²) < 4.78 is 12.4. The van der Waals surface area contributed by atoms with E-state index in [1.165, 1.54) is 0 Å². The molecule has 4 rings (SSSR count). The monoisotopic (exact) mass is 424 g/mol. The van der Waals surface area contributed by atoms with Gasteiger partial charge in [-0.25, -0.2) is 9.50 Å². The van der Waals surface area contributed by atoms with Gasteiger partial charge >= 0.3 is 0 Å². The maximum atomic E-state index is 12.7. The normalized spacial score (nSPS) is 15.7. The van der Waals surface area contributed by atoms with E-state index in [1.54, 1.807) is 11.6 Å². The maximum Gasteiger partial charge on any atom is 0.252 e. The van der Waals surface area contributed by atoms with E-state index in [0.717, 1.165) is 35.8 Å². The second kappa shape index (κ2) is 9.40. The van der Waals surface area contributed by atoms with E-state index in [2.05, 4.69) is 25.3 Å². The van der Waals surface area contributed by atoms with Crippen molar-refractivity contribution in [2.45, 2.75) is 26.3 Å². The Morgan fingerprint density at radius 3 is 2.65 bits per heavy atom. The molecule has 0 bridgehead atoms. The predicted octanol–water partition coefficient (Wildman–Crippen LogP) is 1.48. The zero-order chi connectivity index (χ0) is 21.8. The van der Waals surface area contributed by atoms with Crippen LogP contribution in [0.3, 0.4) is 0 Å². The topological polar surface area (TPSA) is 93.9 Å². The molecule has 164 valence electrons. The molecule has 3 heterocycles. The molecule has 0 aliphatic carbocycles. The van der Waals surface area contributed by atoms with E-state index >= 15 is 0 Å². The van der Waals surface area contributed by atoms with Gasteiger partial charge in [-0.3, -0.25) is 9.69 Å². The van der Waals surface area contributed by atoms with Gasteiger partial charge < -0.3 is 14.8 Å². The van der Waals surface area contributed by atoms with Gasteiger partial charge in [-0.05, 0) is 37.6 Å². The molecule has 1 saturated heterocycles. The van der Waals surface area contributed by atoms with Crippen LogP contribution in [0.5, 0.6) is 5.75 Å². The fourth-order valence-electron chi connectivity index (χ4n) is 3.87. The number of morpholine rings is 1. The summed E-state index contributed by atoms with van der Waals surface area (Å²) in [7, 11) is 1.65. The number of fused-ring (bicyclic) bond motifs is 1. The average Bonchev–Trinajstić information content (AvgIpc) is 3.17. The SMILES string of the molecule is COc1ccc(C(CNC(=O)Cc2nc3nc(C)cc(C)n3n2)N2CCOCC2)cc1. The summed E-state index contributed by atoms with van der Waals surface area (Å²) in [5, 5.41) is 7.49. The number of hydrogen-bond acceptors (Lipinski definition) is 7. The lowest BCUT2D eigenvalue weighted by Gasteiger charge is -2.35. The number of aromatic nitrogens is 4. The standard InChI is InChI=1S/C22H28N6O3/c1-15-12-16(2)28-22(24-15)25-20(26-28)13-21(29)23-14-19(27-8-10-31-11-9-27)17-4-6-18(30-3)7-5-17/h4-7,12,19H,8-11,13-14H2,1-3H3,(H,23,29). The van der Waals surface area contributed by atoms with Crippen molar-refractivity contribution in [3.05, 3.63) is 53.1 Å². The number of rotatable bonds is 7. The minimum absolute atomic E-state index is 0.0549. The Bertz CT molecular complexity index is 1040. The molecule has 1 unspecified atom stereocenters. The summed E-state index contributed by atoms with van der Waals surface area (Å²) in [6.07, 6.45) is 0.111. The lowest BCUT2D eigenvalue weighted by Crippen LogP contribution is -2.44. The first-order valence-corrected chi connectivity index (χ1v) is 10.5. The Kier molecular flexibility index (Phi) is 6.43. The third-order valence-corrected chi connectivity index (χ3v) is 5.46. The van der Waals surface area contributed by atoms with E-state index in [4.69, 9.17) is 9.47 Å². The second-order valence-electron chi connectivity index (χ2n) is 7.70. The van der Waals surface area contributed by atoms with Crippen molar-refractivity contribution in [2.24, 2.45) is 0 Å². The van der Waals surface area contributed by atoms with Gasteiger partial charge in [0.15, 0.2) is 5.82 Å². The number of carbonyl (C=O) groups excluding carboxylic acids is 1. The maximum absolute atomic E-state index is 12.7. The van der Waals surface area contributed by atoms with Gasteiger partial charge in [0.2, 0.25) is 5.91 Å². The van der Waals surface area contributed by atoms with Crippen molar-refractivity contribution in [1.29, 1.82) is 0 Å². The molecule has 1 aliphatic rings. The number of ether oxygens (including phenoxy) is 2. The highest BCUT2D eigenvalue weighted by atomic mass is 16.5. The van der Waals surface area contributed by atoms with Crippen LogP contribution in [0, 0.1) is 13.8 Å². The quantitative estimate of drug-likeness (QED) is 0.614. The Labute approximate surface area is 181 Å². The minimum Gasteiger partial charge on any atom is -0.497 e. The molecule has 1 fully saturated rings. The van der Waals surface area contributed by atoms with Crippen molar-refractivity contribution in [2.75, 3.05) is 40.0 Å². The van der Waals surface area contributed by atoms with Crippen molar-refractivity contribution in [3.8, 4) is 5.75 Å². The Morgan fingerprint density at radius 1 is 1.19 bits per heavy atom. The van der Waals surface area contributed by atoms with E-state index in [0.29, 0.717) is 31.4 Å². The van der Waals surface area contributed by atoms with Crippen LogP contribution in [0.15, 0.2) is 30.3 Å². The number of benzene rings is 1. The van der Waals surface area contributed by atoms with Crippen LogP contribution >= 0.6 is 0 Å². The molecule has 1 aliphatic heterocycles. The van der Waals surface area contributed by atoms with Crippen LogP contribution in [-0.2, 0) is 16.0 Å². The first-order chi connectivity index (χ1) is 15.0. The third-order valence-electron chi connectivity index (χ3n) is 5.46. The number of nitrogens with zero attached hydrogens (tertiary/aromatic N) is 5. The molecular formula is C22H28N6O3. The van der Waals surface area contributed by atoms with Crippen molar-refractivity contribution in [3.63, 3.8) is 0 Å². The lowest BCUT2D eigenvalue weighted by atomic mass is 10.0. The largest absolute Gasteiger partial charge is 0.497 e. The van der Waals surface area contributed by atoms with Gasteiger partial charge in [-0.2, -0.15) is 4.98 Å². The molecule has 0 saturated carbocycles. The lowest BCUT2D eigenvalue weighted by molar-refractivity contribution is -0.120. The number of hydrogen-bond donors (Lipinski definition) is 1. The molecule has 31 heavy (non-hydrogen) atoms. The van der Waals surface area contributed by atoms with Gasteiger partial charge in [0, 0.05) is 31.0 Å². The smallest absolute Gasteiger partial charge is 0.252 e. The van der Waals surface area contributed by atoms with Crippen LogP contribution in [0.2, 0.25) is 0 Å². The predicted molar refractivity (Wildman–Crippen MR) is 115 cm³/mol. The summed E-state index contributed by atoms with van der Waals surface area (Å²) in [6.45, 7) is 7.39. The summed E-state index contributed by atoms with van der Waals surface area (Å²) in [6, 6.07) is 9.98. The molecule has 0 radical (unpaired) electrons. The molecule has 2 aromatic heterocycles. The number of nitrogens with one attached hydrogen (secondary N) is 1. The average molecular weight is 425 g/mol. The van der Waals surface area contributed by atoms with Crippen molar-refractivity contribution in [1.82, 2.24) is 29.8 Å². The van der Waals surface area contributed by atoms with Gasteiger partial charge in [-0.1, -0.05) is 12.1 Å². The number of amides is 1. The highest BCUT2D eigenvalue weighted by molar-refractivity contribution is 5.77. The fourth-order valence-corrected chi connectivity index (χ4v) is 3.87. The van der Waals surface area contributed by atoms with E-state index in [-0.39, 0.29) is 18.4 Å². The first kappa shape index (κ1) is 21.2. The Hall–Kier alpha value is -3.04. The summed E-state index contributed by atoms with van der Waals surface area (Å²) >= 11 is 0. The minimum atomic E-state index is -0.114. The third kappa shape index (κ3) is 5.00.